The summed E-state index contributed by atoms with van der Waals surface area (Å²) in [5.74, 6) is 0.135. The van der Waals surface area contributed by atoms with Crippen molar-refractivity contribution in [1.29, 1.82) is 0 Å². The molecule has 0 N–H and O–H groups in total. The fourth-order valence-electron chi connectivity index (χ4n) is 4.93. The van der Waals surface area contributed by atoms with E-state index in [1.165, 1.54) is 22.3 Å². The van der Waals surface area contributed by atoms with Crippen LogP contribution in [-0.2, 0) is 9.47 Å². The summed E-state index contributed by atoms with van der Waals surface area (Å²) in [6, 6.07) is 16.7. The van der Waals surface area contributed by atoms with Gasteiger partial charge in [0.15, 0.2) is 0 Å². The first-order valence-electron chi connectivity index (χ1n) is 11.7. The molecule has 2 heterocycles. The highest BCUT2D eigenvalue weighted by molar-refractivity contribution is 7.07. The molecule has 34 heavy (non-hydrogen) atoms. The molecule has 3 aromatic rings. The molecule has 1 aliphatic heterocycles. The van der Waals surface area contributed by atoms with E-state index < -0.39 is 5.97 Å². The van der Waals surface area contributed by atoms with Gasteiger partial charge in [-0.1, -0.05) is 48.5 Å². The molecule has 1 fully saturated rings. The number of aromatic nitrogens is 2. The fourth-order valence-corrected chi connectivity index (χ4v) is 5.56. The average Bonchev–Trinajstić information content (AvgIpc) is 3.47. The minimum atomic E-state index is -0.455. The van der Waals surface area contributed by atoms with Crippen molar-refractivity contribution in [2.24, 2.45) is 0 Å². The SMILES string of the molecule is CCOC(=O)c1nc([C@@H]2CC[C@@H](C)N(C(=O)OCC3c4ccccc4-c4ccccc43)C2)ns1. The van der Waals surface area contributed by atoms with Gasteiger partial charge in [0.25, 0.3) is 0 Å². The third kappa shape index (κ3) is 4.18. The van der Waals surface area contributed by atoms with Gasteiger partial charge in [0.1, 0.15) is 12.4 Å². The Morgan fingerprint density at radius 3 is 2.38 bits per heavy atom. The summed E-state index contributed by atoms with van der Waals surface area (Å²) >= 11 is 1.05. The van der Waals surface area contributed by atoms with Crippen LogP contribution < -0.4 is 0 Å². The molecule has 0 unspecified atom stereocenters. The van der Waals surface area contributed by atoms with Gasteiger partial charge in [-0.25, -0.2) is 14.6 Å². The molecule has 0 radical (unpaired) electrons. The van der Waals surface area contributed by atoms with E-state index in [0.29, 0.717) is 25.6 Å². The lowest BCUT2D eigenvalue weighted by atomic mass is 9.93. The Kier molecular flexibility index (Phi) is 6.32. The molecule has 2 aliphatic rings. The number of carbonyl (C=O) groups is 2. The third-order valence-corrected chi connectivity index (χ3v) is 7.42. The van der Waals surface area contributed by atoms with Gasteiger partial charge in [-0.15, -0.1) is 0 Å². The number of benzene rings is 2. The molecular formula is C26H27N3O4S. The van der Waals surface area contributed by atoms with Gasteiger partial charge < -0.3 is 14.4 Å². The fraction of sp³-hybridized carbons (Fsp3) is 0.385. The summed E-state index contributed by atoms with van der Waals surface area (Å²) in [4.78, 5) is 31.3. The molecule has 0 bridgehead atoms. The van der Waals surface area contributed by atoms with Gasteiger partial charge >= 0.3 is 12.1 Å². The Balaban J connectivity index is 1.27. The first kappa shape index (κ1) is 22.5. The van der Waals surface area contributed by atoms with Crippen LogP contribution in [0.15, 0.2) is 48.5 Å². The van der Waals surface area contributed by atoms with E-state index in [2.05, 4.69) is 33.6 Å². The number of amides is 1. The summed E-state index contributed by atoms with van der Waals surface area (Å²) in [6.07, 6.45) is 1.36. The highest BCUT2D eigenvalue weighted by Crippen LogP contribution is 2.44. The number of carbonyl (C=O) groups excluding carboxylic acids is 2. The molecular weight excluding hydrogens is 450 g/mol. The zero-order valence-corrected chi connectivity index (χ0v) is 20.1. The maximum absolute atomic E-state index is 13.2. The molecule has 176 valence electrons. The van der Waals surface area contributed by atoms with E-state index >= 15 is 0 Å². The van der Waals surface area contributed by atoms with E-state index in [1.54, 1.807) is 11.8 Å². The van der Waals surface area contributed by atoms with Gasteiger partial charge in [0.2, 0.25) is 5.01 Å². The number of hydrogen-bond donors (Lipinski definition) is 0. The molecule has 7 nitrogen and oxygen atoms in total. The summed E-state index contributed by atoms with van der Waals surface area (Å²) in [7, 11) is 0. The first-order chi connectivity index (χ1) is 16.6. The van der Waals surface area contributed by atoms with Crippen LogP contribution in [0.25, 0.3) is 11.1 Å². The van der Waals surface area contributed by atoms with Crippen LogP contribution >= 0.6 is 11.5 Å². The molecule has 5 rings (SSSR count). The highest BCUT2D eigenvalue weighted by Gasteiger charge is 2.35. The molecule has 1 saturated heterocycles. The Labute approximate surface area is 202 Å². The smallest absolute Gasteiger partial charge is 0.410 e. The van der Waals surface area contributed by atoms with Gasteiger partial charge in [-0.05, 0) is 60.5 Å². The topological polar surface area (TPSA) is 81.6 Å². The number of piperidine rings is 1. The van der Waals surface area contributed by atoms with Gasteiger partial charge in [0, 0.05) is 24.4 Å². The minimum Gasteiger partial charge on any atom is -0.461 e. The third-order valence-electron chi connectivity index (χ3n) is 6.71. The number of rotatable bonds is 5. The van der Waals surface area contributed by atoms with Gasteiger partial charge in [-0.2, -0.15) is 4.37 Å². The monoisotopic (exact) mass is 477 g/mol. The van der Waals surface area contributed by atoms with Crippen molar-refractivity contribution in [3.8, 4) is 11.1 Å². The largest absolute Gasteiger partial charge is 0.461 e. The quantitative estimate of drug-likeness (QED) is 0.468. The maximum atomic E-state index is 13.2. The van der Waals surface area contributed by atoms with Crippen LogP contribution in [0.5, 0.6) is 0 Å². The normalized spacial score (nSPS) is 19.4. The van der Waals surface area contributed by atoms with Crippen molar-refractivity contribution in [1.82, 2.24) is 14.3 Å². The number of nitrogens with zero attached hydrogens (tertiary/aromatic N) is 3. The van der Waals surface area contributed by atoms with Gasteiger partial charge in [-0.3, -0.25) is 0 Å². The number of hydrogen-bond acceptors (Lipinski definition) is 7. The molecule has 2 aromatic carbocycles. The van der Waals surface area contributed by atoms with Crippen LogP contribution in [-0.4, -0.2) is 52.1 Å². The Bertz CT molecular complexity index is 1160. The molecule has 0 spiro atoms. The van der Waals surface area contributed by atoms with Crippen LogP contribution in [0.1, 0.15) is 65.3 Å². The van der Waals surface area contributed by atoms with Crippen molar-refractivity contribution >= 4 is 23.6 Å². The highest BCUT2D eigenvalue weighted by atomic mass is 32.1. The second-order valence-corrected chi connectivity index (χ2v) is 9.51. The van der Waals surface area contributed by atoms with Crippen molar-refractivity contribution in [2.45, 2.75) is 44.6 Å². The lowest BCUT2D eigenvalue weighted by Gasteiger charge is -2.36. The second kappa shape index (κ2) is 9.54. The number of ether oxygens (including phenoxy) is 2. The summed E-state index contributed by atoms with van der Waals surface area (Å²) in [5, 5.41) is 0.253. The Morgan fingerprint density at radius 1 is 1.03 bits per heavy atom. The van der Waals surface area contributed by atoms with E-state index in [9.17, 15) is 9.59 Å². The number of esters is 1. The van der Waals surface area contributed by atoms with Crippen molar-refractivity contribution in [3.63, 3.8) is 0 Å². The Hall–Kier alpha value is -3.26. The van der Waals surface area contributed by atoms with Crippen LogP contribution in [0.2, 0.25) is 0 Å². The lowest BCUT2D eigenvalue weighted by Crippen LogP contribution is -2.45. The Morgan fingerprint density at radius 2 is 1.71 bits per heavy atom. The molecule has 1 aliphatic carbocycles. The summed E-state index contributed by atoms with van der Waals surface area (Å²) in [5.41, 5.74) is 4.80. The number of fused-ring (bicyclic) bond motifs is 3. The summed E-state index contributed by atoms with van der Waals surface area (Å²) < 4.78 is 15.3. The molecule has 2 atom stereocenters. The van der Waals surface area contributed by atoms with Crippen molar-refractivity contribution < 1.29 is 19.1 Å². The average molecular weight is 478 g/mol. The molecule has 1 aromatic heterocycles. The summed E-state index contributed by atoms with van der Waals surface area (Å²) in [6.45, 7) is 4.86. The van der Waals surface area contributed by atoms with Crippen molar-refractivity contribution in [2.75, 3.05) is 19.8 Å². The van der Waals surface area contributed by atoms with E-state index in [4.69, 9.17) is 9.47 Å². The zero-order valence-electron chi connectivity index (χ0n) is 19.3. The maximum Gasteiger partial charge on any atom is 0.410 e. The van der Waals surface area contributed by atoms with E-state index in [-0.39, 0.29) is 29.0 Å². The predicted octanol–water partition coefficient (Wildman–Crippen LogP) is 5.23. The van der Waals surface area contributed by atoms with Gasteiger partial charge in [0.05, 0.1) is 6.61 Å². The van der Waals surface area contributed by atoms with Crippen molar-refractivity contribution in [3.05, 3.63) is 70.5 Å². The number of likely N-dealkylation sites (tertiary alicyclic amines) is 1. The van der Waals surface area contributed by atoms with E-state index in [0.717, 1.165) is 24.4 Å². The predicted molar refractivity (Wildman–Crippen MR) is 129 cm³/mol. The van der Waals surface area contributed by atoms with Crippen LogP contribution in [0.3, 0.4) is 0 Å². The van der Waals surface area contributed by atoms with E-state index in [1.807, 2.05) is 31.2 Å². The molecule has 8 heteroatoms. The molecule has 0 saturated carbocycles. The standard InChI is InChI=1S/C26H27N3O4S/c1-3-32-25(30)24-27-23(28-34-24)17-13-12-16(2)29(14-17)26(31)33-15-22-20-10-6-4-8-18(20)19-9-5-7-11-21(19)22/h4-11,16-17,22H,3,12-15H2,1-2H3/t16-,17-/m1/s1. The molecule has 1 amide bonds. The zero-order chi connectivity index (χ0) is 23.7. The van der Waals surface area contributed by atoms with Crippen LogP contribution in [0, 0.1) is 0 Å². The second-order valence-electron chi connectivity index (χ2n) is 8.76. The lowest BCUT2D eigenvalue weighted by molar-refractivity contribution is 0.0523. The minimum absolute atomic E-state index is 0.0274. The first-order valence-corrected chi connectivity index (χ1v) is 12.5. The van der Waals surface area contributed by atoms with Crippen LogP contribution in [0.4, 0.5) is 4.79 Å².